The van der Waals surface area contributed by atoms with Crippen LogP contribution in [0.25, 0.3) is 10.8 Å². The Hall–Kier alpha value is -3.39. The van der Waals surface area contributed by atoms with E-state index in [0.717, 1.165) is 16.5 Å². The molecule has 0 atom stereocenters. The van der Waals surface area contributed by atoms with Gasteiger partial charge in [0, 0.05) is 17.8 Å². The summed E-state index contributed by atoms with van der Waals surface area (Å²) in [5.41, 5.74) is 6.94. The number of halogens is 1. The molecule has 0 fully saturated rings. The highest BCUT2D eigenvalue weighted by Crippen LogP contribution is 2.40. The van der Waals surface area contributed by atoms with Crippen LogP contribution in [-0.4, -0.2) is 43.4 Å². The first-order valence-corrected chi connectivity index (χ1v) is 9.35. The zero-order chi connectivity index (χ0) is 21.7. The predicted molar refractivity (Wildman–Crippen MR) is 119 cm³/mol. The van der Waals surface area contributed by atoms with E-state index in [1.54, 1.807) is 30.6 Å². The second kappa shape index (κ2) is 10.6. The van der Waals surface area contributed by atoms with Crippen molar-refractivity contribution in [2.45, 2.75) is 13.3 Å². The number of amides is 1. The van der Waals surface area contributed by atoms with Gasteiger partial charge in [-0.05, 0) is 48.1 Å². The van der Waals surface area contributed by atoms with Gasteiger partial charge in [0.05, 0.1) is 20.8 Å². The van der Waals surface area contributed by atoms with E-state index in [9.17, 15) is 9.90 Å². The number of phenolic OH excluding ortho intramolecular Hbond substituents is 1. The smallest absolute Gasteiger partial charge is 0.255 e. The number of hydrogen-bond donors (Lipinski definition) is 2. The summed E-state index contributed by atoms with van der Waals surface area (Å²) >= 11 is 0. The van der Waals surface area contributed by atoms with Crippen LogP contribution in [0.5, 0.6) is 28.7 Å². The molecule has 1 heterocycles. The molecule has 0 unspecified atom stereocenters. The molecule has 31 heavy (non-hydrogen) atoms. The summed E-state index contributed by atoms with van der Waals surface area (Å²) in [6, 6.07) is 7.24. The van der Waals surface area contributed by atoms with E-state index in [1.807, 2.05) is 13.0 Å². The number of carbonyl (C=O) groups excluding carboxylic acids is 1. The number of hydrogen-bond acceptors (Lipinski definition) is 7. The van der Waals surface area contributed by atoms with Crippen LogP contribution in [0.3, 0.4) is 0 Å². The number of rotatable bonds is 9. The largest absolute Gasteiger partial charge is 0.504 e. The minimum Gasteiger partial charge on any atom is -0.504 e. The average molecular weight is 449 g/mol. The molecule has 0 radical (unpaired) electrons. The van der Waals surface area contributed by atoms with E-state index in [1.165, 1.54) is 14.2 Å². The van der Waals surface area contributed by atoms with Crippen LogP contribution in [0.1, 0.15) is 18.1 Å². The molecule has 0 bridgehead atoms. The van der Waals surface area contributed by atoms with Crippen LogP contribution in [0.4, 0.5) is 0 Å². The molecule has 0 saturated heterocycles. The summed E-state index contributed by atoms with van der Waals surface area (Å²) in [5.74, 6) is 1.02. The first kappa shape index (κ1) is 23.9. The monoisotopic (exact) mass is 448 g/mol. The fourth-order valence-electron chi connectivity index (χ4n) is 3.22. The van der Waals surface area contributed by atoms with Crippen molar-refractivity contribution >= 4 is 29.1 Å². The van der Waals surface area contributed by atoms with Crippen molar-refractivity contribution < 1.29 is 28.8 Å². The summed E-state index contributed by atoms with van der Waals surface area (Å²) in [6.45, 7) is 2.02. The Labute approximate surface area is 186 Å². The molecule has 0 aliphatic heterocycles. The minimum absolute atomic E-state index is 0. The maximum atomic E-state index is 11.1. The van der Waals surface area contributed by atoms with Crippen molar-refractivity contribution in [2.75, 3.05) is 27.4 Å². The summed E-state index contributed by atoms with van der Waals surface area (Å²) in [5, 5.41) is 12.0. The van der Waals surface area contributed by atoms with Crippen molar-refractivity contribution in [3.05, 3.63) is 47.8 Å². The van der Waals surface area contributed by atoms with Crippen molar-refractivity contribution in [3.63, 3.8) is 0 Å². The lowest BCUT2D eigenvalue weighted by Gasteiger charge is -2.16. The number of ether oxygens (including phenoxy) is 4. The third-order valence-electron chi connectivity index (χ3n) is 4.53. The summed E-state index contributed by atoms with van der Waals surface area (Å²) < 4.78 is 21.8. The molecule has 3 N–H and O–H groups in total. The predicted octanol–water partition coefficient (Wildman–Crippen LogP) is 3.23. The highest BCUT2D eigenvalue weighted by Gasteiger charge is 2.17. The summed E-state index contributed by atoms with van der Waals surface area (Å²) in [6.07, 6.45) is 3.86. The van der Waals surface area contributed by atoms with Gasteiger partial charge in [-0.15, -0.1) is 12.4 Å². The average Bonchev–Trinajstić information content (AvgIpc) is 2.74. The van der Waals surface area contributed by atoms with Crippen molar-refractivity contribution in [3.8, 4) is 28.7 Å². The topological polar surface area (TPSA) is 113 Å². The number of methoxy groups -OCH3 is 2. The second-order valence-electron chi connectivity index (χ2n) is 6.50. The van der Waals surface area contributed by atoms with Gasteiger partial charge < -0.3 is 29.8 Å². The zero-order valence-corrected chi connectivity index (χ0v) is 18.3. The normalized spacial score (nSPS) is 10.3. The number of fused-ring (bicyclic) bond motifs is 1. The van der Waals surface area contributed by atoms with Gasteiger partial charge in [0.25, 0.3) is 5.91 Å². The van der Waals surface area contributed by atoms with E-state index in [4.69, 9.17) is 24.7 Å². The molecular weight excluding hydrogens is 424 g/mol. The van der Waals surface area contributed by atoms with Gasteiger partial charge >= 0.3 is 0 Å². The maximum Gasteiger partial charge on any atom is 0.255 e. The molecule has 9 heteroatoms. The van der Waals surface area contributed by atoms with Crippen LogP contribution in [-0.2, 0) is 11.2 Å². The summed E-state index contributed by atoms with van der Waals surface area (Å²) in [4.78, 5) is 15.3. The van der Waals surface area contributed by atoms with Gasteiger partial charge in [-0.2, -0.15) is 0 Å². The molecule has 166 valence electrons. The lowest BCUT2D eigenvalue weighted by atomic mass is 9.99. The summed E-state index contributed by atoms with van der Waals surface area (Å²) in [7, 11) is 3.00. The van der Waals surface area contributed by atoms with E-state index in [0.29, 0.717) is 41.4 Å². The number of phenols is 1. The second-order valence-corrected chi connectivity index (χ2v) is 6.50. The Balaban J connectivity index is 0.00000341. The number of pyridine rings is 1. The lowest BCUT2D eigenvalue weighted by molar-refractivity contribution is -0.120. The van der Waals surface area contributed by atoms with Crippen LogP contribution in [0.2, 0.25) is 0 Å². The zero-order valence-electron chi connectivity index (χ0n) is 17.5. The van der Waals surface area contributed by atoms with E-state index >= 15 is 0 Å². The molecular formula is C22H25ClN2O6. The third-order valence-corrected chi connectivity index (χ3v) is 4.53. The Morgan fingerprint density at radius 2 is 1.71 bits per heavy atom. The van der Waals surface area contributed by atoms with Gasteiger partial charge in [0.15, 0.2) is 29.6 Å². The van der Waals surface area contributed by atoms with Crippen LogP contribution in [0.15, 0.2) is 36.7 Å². The molecule has 3 rings (SSSR count). The van der Waals surface area contributed by atoms with Gasteiger partial charge in [-0.1, -0.05) is 6.07 Å². The first-order chi connectivity index (χ1) is 14.5. The van der Waals surface area contributed by atoms with Crippen molar-refractivity contribution in [1.29, 1.82) is 0 Å². The molecule has 8 nitrogen and oxygen atoms in total. The Kier molecular flexibility index (Phi) is 8.15. The fourth-order valence-corrected chi connectivity index (χ4v) is 3.22. The van der Waals surface area contributed by atoms with Gasteiger partial charge in [0.1, 0.15) is 0 Å². The van der Waals surface area contributed by atoms with Crippen LogP contribution >= 0.6 is 12.4 Å². The number of aromatic nitrogens is 1. The molecule has 3 aromatic rings. The fraction of sp³-hybridized carbons (Fsp3) is 0.273. The molecule has 0 spiro atoms. The molecule has 1 aromatic heterocycles. The van der Waals surface area contributed by atoms with E-state index < -0.39 is 5.91 Å². The number of nitrogens with zero attached hydrogens (tertiary/aromatic N) is 1. The Bertz CT molecular complexity index is 1050. The SMILES string of the molecule is CCOc1ccc2c(Cc3cc(OC)c(OCC(N)=O)c(OC)c3)cncc2c1O.Cl. The molecule has 2 aromatic carbocycles. The Morgan fingerprint density at radius 3 is 2.29 bits per heavy atom. The van der Waals surface area contributed by atoms with Crippen molar-refractivity contribution in [2.24, 2.45) is 5.73 Å². The standard InChI is InChI=1S/C22H24N2O6.ClH/c1-4-29-17-6-5-15-14(10-24-11-16(15)21(17)26)7-13-8-18(27-2)22(19(9-13)28-3)30-12-20(23)25;/h5-6,8-11,26H,4,7,12H2,1-3H3,(H2,23,25);1H. The van der Waals surface area contributed by atoms with E-state index in [2.05, 4.69) is 4.98 Å². The number of aromatic hydroxyl groups is 1. The molecule has 0 saturated carbocycles. The maximum absolute atomic E-state index is 11.1. The highest BCUT2D eigenvalue weighted by molar-refractivity contribution is 5.92. The van der Waals surface area contributed by atoms with E-state index in [-0.39, 0.29) is 24.8 Å². The highest BCUT2D eigenvalue weighted by atomic mass is 35.5. The number of carbonyl (C=O) groups is 1. The number of primary amides is 1. The quantitative estimate of drug-likeness (QED) is 0.516. The lowest BCUT2D eigenvalue weighted by Crippen LogP contribution is -2.20. The number of nitrogens with two attached hydrogens (primary N) is 1. The Morgan fingerprint density at radius 1 is 1.03 bits per heavy atom. The van der Waals surface area contributed by atoms with Crippen LogP contribution < -0.4 is 24.7 Å². The van der Waals surface area contributed by atoms with Gasteiger partial charge in [-0.25, -0.2) is 0 Å². The minimum atomic E-state index is -0.601. The molecule has 0 aliphatic carbocycles. The third kappa shape index (κ3) is 5.21. The van der Waals surface area contributed by atoms with Crippen molar-refractivity contribution in [1.82, 2.24) is 4.98 Å². The van der Waals surface area contributed by atoms with Gasteiger partial charge in [0.2, 0.25) is 5.75 Å². The first-order valence-electron chi connectivity index (χ1n) is 9.35. The van der Waals surface area contributed by atoms with Gasteiger partial charge in [-0.3, -0.25) is 9.78 Å². The van der Waals surface area contributed by atoms with Crippen LogP contribution in [0, 0.1) is 0 Å². The number of benzene rings is 2. The molecule has 1 amide bonds. The molecule has 0 aliphatic rings.